The molecule has 9 nitrogen and oxygen atoms in total. The summed E-state index contributed by atoms with van der Waals surface area (Å²) in [5.41, 5.74) is 1.31. The average molecular weight is 460 g/mol. The molecule has 10 heteroatoms. The maximum atomic E-state index is 12.9. The number of esters is 1. The van der Waals surface area contributed by atoms with E-state index >= 15 is 0 Å². The van der Waals surface area contributed by atoms with Crippen LogP contribution in [0.4, 0.5) is 10.7 Å². The van der Waals surface area contributed by atoms with Gasteiger partial charge in [-0.05, 0) is 50.5 Å². The van der Waals surface area contributed by atoms with Crippen molar-refractivity contribution in [3.8, 4) is 0 Å². The summed E-state index contributed by atoms with van der Waals surface area (Å²) in [6.07, 6.45) is 1.01. The fourth-order valence-corrected chi connectivity index (χ4v) is 4.44. The lowest BCUT2D eigenvalue weighted by molar-refractivity contribution is -0.124. The van der Waals surface area contributed by atoms with Crippen molar-refractivity contribution >= 4 is 45.7 Å². The van der Waals surface area contributed by atoms with Gasteiger partial charge in [0.25, 0.3) is 17.7 Å². The minimum absolute atomic E-state index is 0.145. The van der Waals surface area contributed by atoms with E-state index in [1.165, 1.54) is 13.1 Å². The highest BCUT2D eigenvalue weighted by molar-refractivity contribution is 7.18. The summed E-state index contributed by atoms with van der Waals surface area (Å²) in [7, 11) is 1.49. The van der Waals surface area contributed by atoms with E-state index in [0.717, 1.165) is 17.8 Å². The normalized spacial score (nSPS) is 15.2. The van der Waals surface area contributed by atoms with Crippen molar-refractivity contribution in [2.24, 2.45) is 0 Å². The molecule has 170 valence electrons. The monoisotopic (exact) mass is 459 g/mol. The molecule has 1 aromatic heterocycles. The summed E-state index contributed by atoms with van der Waals surface area (Å²) in [5.74, 6) is -1.73. The van der Waals surface area contributed by atoms with Gasteiger partial charge >= 0.3 is 5.97 Å². The van der Waals surface area contributed by atoms with Gasteiger partial charge in [0, 0.05) is 24.9 Å². The number of nitrogens with one attached hydrogen (secondary N) is 3. The van der Waals surface area contributed by atoms with Crippen LogP contribution in [-0.4, -0.2) is 50.1 Å². The zero-order chi connectivity index (χ0) is 23.3. The molecule has 3 rings (SSSR count). The van der Waals surface area contributed by atoms with Crippen LogP contribution in [0.15, 0.2) is 24.3 Å². The summed E-state index contributed by atoms with van der Waals surface area (Å²) in [5, 5.41) is 8.20. The number of amides is 3. The summed E-state index contributed by atoms with van der Waals surface area (Å²) in [6.45, 7) is 4.02. The average Bonchev–Trinajstić information content (AvgIpc) is 3.42. The molecule has 0 radical (unpaired) electrons. The quantitative estimate of drug-likeness (QED) is 0.547. The zero-order valence-electron chi connectivity index (χ0n) is 18.1. The third-order valence-corrected chi connectivity index (χ3v) is 6.11. The van der Waals surface area contributed by atoms with Gasteiger partial charge < -0.3 is 25.4 Å². The number of hydrogen-bond donors (Lipinski definition) is 3. The number of thiophene rings is 1. The van der Waals surface area contributed by atoms with Crippen molar-refractivity contribution in [1.29, 1.82) is 0 Å². The van der Waals surface area contributed by atoms with Crippen LogP contribution >= 0.6 is 11.3 Å². The number of anilines is 2. The standard InChI is InChI=1S/C22H25N3O6S/c1-4-30-22(29)16-12(2)17(20(28)23-3)32-21(16)25-18(26)13-7-5-8-14(11-13)24-19(27)15-9-6-10-31-15/h5,7-8,11,15H,4,6,9-10H2,1-3H3,(H,23,28)(H,24,27)(H,25,26). The number of rotatable bonds is 7. The molecule has 0 spiro atoms. The highest BCUT2D eigenvalue weighted by Crippen LogP contribution is 2.34. The van der Waals surface area contributed by atoms with E-state index in [0.29, 0.717) is 29.2 Å². The molecule has 3 amide bonds. The smallest absolute Gasteiger partial charge is 0.341 e. The first-order chi connectivity index (χ1) is 15.3. The molecule has 0 saturated carbocycles. The molecule has 1 unspecified atom stereocenters. The van der Waals surface area contributed by atoms with Crippen molar-refractivity contribution < 1.29 is 28.7 Å². The molecule has 3 N–H and O–H groups in total. The van der Waals surface area contributed by atoms with E-state index < -0.39 is 18.0 Å². The first kappa shape index (κ1) is 23.4. The first-order valence-corrected chi connectivity index (χ1v) is 11.0. The number of carbonyl (C=O) groups excluding carboxylic acids is 4. The van der Waals surface area contributed by atoms with Gasteiger partial charge in [-0.25, -0.2) is 4.79 Å². The Balaban J connectivity index is 1.82. The van der Waals surface area contributed by atoms with Crippen LogP contribution in [0, 0.1) is 6.92 Å². The van der Waals surface area contributed by atoms with Gasteiger partial charge in [0.15, 0.2) is 0 Å². The Morgan fingerprint density at radius 2 is 1.97 bits per heavy atom. The number of benzene rings is 1. The molecule has 1 fully saturated rings. The Morgan fingerprint density at radius 1 is 1.19 bits per heavy atom. The summed E-state index contributed by atoms with van der Waals surface area (Å²) in [4.78, 5) is 50.1. The Bertz CT molecular complexity index is 1040. The number of carbonyl (C=O) groups is 4. The van der Waals surface area contributed by atoms with Crippen LogP contribution in [0.2, 0.25) is 0 Å². The highest BCUT2D eigenvalue weighted by atomic mass is 32.1. The van der Waals surface area contributed by atoms with Gasteiger partial charge in [-0.15, -0.1) is 11.3 Å². The SMILES string of the molecule is CCOC(=O)c1c(NC(=O)c2cccc(NC(=O)C3CCCO3)c2)sc(C(=O)NC)c1C. The summed E-state index contributed by atoms with van der Waals surface area (Å²) >= 11 is 0.997. The van der Waals surface area contributed by atoms with E-state index in [2.05, 4.69) is 16.0 Å². The Labute approximate surface area is 189 Å². The van der Waals surface area contributed by atoms with E-state index in [1.807, 2.05) is 0 Å². The second-order valence-electron chi connectivity index (χ2n) is 7.09. The summed E-state index contributed by atoms with van der Waals surface area (Å²) in [6, 6.07) is 6.43. The third kappa shape index (κ3) is 5.14. The van der Waals surface area contributed by atoms with Crippen molar-refractivity contribution in [1.82, 2.24) is 5.32 Å². The Hall–Kier alpha value is -3.24. The first-order valence-electron chi connectivity index (χ1n) is 10.2. The molecular weight excluding hydrogens is 434 g/mol. The van der Waals surface area contributed by atoms with Crippen LogP contribution < -0.4 is 16.0 Å². The van der Waals surface area contributed by atoms with Crippen LogP contribution in [-0.2, 0) is 14.3 Å². The second kappa shape index (κ2) is 10.4. The minimum Gasteiger partial charge on any atom is -0.462 e. The topological polar surface area (TPSA) is 123 Å². The fourth-order valence-electron chi connectivity index (χ4n) is 3.30. The molecule has 2 aromatic rings. The molecule has 1 aliphatic heterocycles. The largest absolute Gasteiger partial charge is 0.462 e. The van der Waals surface area contributed by atoms with Gasteiger partial charge in [0.2, 0.25) is 0 Å². The van der Waals surface area contributed by atoms with Crippen LogP contribution in [0.3, 0.4) is 0 Å². The molecule has 32 heavy (non-hydrogen) atoms. The predicted octanol–water partition coefficient (Wildman–Crippen LogP) is 2.96. The van der Waals surface area contributed by atoms with Crippen LogP contribution in [0.5, 0.6) is 0 Å². The maximum absolute atomic E-state index is 12.9. The Morgan fingerprint density at radius 3 is 2.62 bits per heavy atom. The molecule has 0 aliphatic carbocycles. The number of ether oxygens (including phenoxy) is 2. The lowest BCUT2D eigenvalue weighted by Crippen LogP contribution is -2.27. The molecular formula is C22H25N3O6S. The maximum Gasteiger partial charge on any atom is 0.341 e. The predicted molar refractivity (Wildman–Crippen MR) is 120 cm³/mol. The van der Waals surface area contributed by atoms with Crippen molar-refractivity contribution in [3.63, 3.8) is 0 Å². The molecule has 1 aliphatic rings. The van der Waals surface area contributed by atoms with E-state index in [4.69, 9.17) is 9.47 Å². The van der Waals surface area contributed by atoms with Crippen LogP contribution in [0.1, 0.15) is 55.7 Å². The molecule has 1 aromatic carbocycles. The zero-order valence-corrected chi connectivity index (χ0v) is 18.9. The minimum atomic E-state index is -0.621. The van der Waals surface area contributed by atoms with E-state index in [9.17, 15) is 19.2 Å². The lowest BCUT2D eigenvalue weighted by atomic mass is 10.1. The number of hydrogen-bond acceptors (Lipinski definition) is 7. The second-order valence-corrected chi connectivity index (χ2v) is 8.11. The van der Waals surface area contributed by atoms with Crippen molar-refractivity contribution in [2.45, 2.75) is 32.8 Å². The van der Waals surface area contributed by atoms with Gasteiger partial charge in [-0.3, -0.25) is 14.4 Å². The lowest BCUT2D eigenvalue weighted by Gasteiger charge is -2.11. The molecule has 1 saturated heterocycles. The molecule has 0 bridgehead atoms. The summed E-state index contributed by atoms with van der Waals surface area (Å²) < 4.78 is 10.5. The van der Waals surface area contributed by atoms with Crippen LogP contribution in [0.25, 0.3) is 0 Å². The highest BCUT2D eigenvalue weighted by Gasteiger charge is 2.27. The van der Waals surface area contributed by atoms with Crippen molar-refractivity contribution in [2.75, 3.05) is 30.9 Å². The molecule has 1 atom stereocenters. The third-order valence-electron chi connectivity index (χ3n) is 4.90. The van der Waals surface area contributed by atoms with Gasteiger partial charge in [-0.2, -0.15) is 0 Å². The van der Waals surface area contributed by atoms with Gasteiger partial charge in [-0.1, -0.05) is 6.07 Å². The van der Waals surface area contributed by atoms with Crippen molar-refractivity contribution in [3.05, 3.63) is 45.8 Å². The van der Waals surface area contributed by atoms with E-state index in [1.54, 1.807) is 32.0 Å². The van der Waals surface area contributed by atoms with Gasteiger partial charge in [0.05, 0.1) is 17.0 Å². The molecule has 2 heterocycles. The fraction of sp³-hybridized carbons (Fsp3) is 0.364. The Kier molecular flexibility index (Phi) is 7.60. The van der Waals surface area contributed by atoms with E-state index in [-0.39, 0.29) is 34.5 Å². The van der Waals surface area contributed by atoms with Gasteiger partial charge in [0.1, 0.15) is 11.1 Å².